The van der Waals surface area contributed by atoms with Gasteiger partial charge in [-0.25, -0.2) is 0 Å². The van der Waals surface area contributed by atoms with E-state index in [0.717, 1.165) is 23.9 Å². The average Bonchev–Trinajstić information content (AvgIpc) is 2.89. The Morgan fingerprint density at radius 2 is 1.46 bits per heavy atom. The molecule has 0 saturated carbocycles. The Hall–Kier alpha value is -3.46. The minimum atomic E-state index is -0.630. The van der Waals surface area contributed by atoms with E-state index in [-0.39, 0.29) is 25.1 Å². The Balaban J connectivity index is 1.13. The molecule has 3 aromatic carbocycles. The fourth-order valence-corrected chi connectivity index (χ4v) is 4.76. The van der Waals surface area contributed by atoms with E-state index in [2.05, 4.69) is 9.80 Å². The number of methoxy groups -OCH3 is 1. The van der Waals surface area contributed by atoms with Gasteiger partial charge >= 0.3 is 0 Å². The van der Waals surface area contributed by atoms with Crippen LogP contribution in [0.4, 0.5) is 0 Å². The fraction of sp³-hybridized carbons (Fsp3) is 0.333. The molecule has 2 heterocycles. The summed E-state index contributed by atoms with van der Waals surface area (Å²) in [5.74, 6) is 0.874. The van der Waals surface area contributed by atoms with Crippen LogP contribution in [-0.4, -0.2) is 90.8 Å². The predicted octanol–water partition coefficient (Wildman–Crippen LogP) is 2.46. The number of imide groups is 1. The predicted molar refractivity (Wildman–Crippen MR) is 132 cm³/mol. The van der Waals surface area contributed by atoms with Crippen LogP contribution in [0.15, 0.2) is 60.7 Å². The summed E-state index contributed by atoms with van der Waals surface area (Å²) in [5.41, 5.74) is 1.16. The van der Waals surface area contributed by atoms with Gasteiger partial charge in [0.05, 0.1) is 13.8 Å². The third kappa shape index (κ3) is 4.86. The number of carbonyl (C=O) groups is 2. The van der Waals surface area contributed by atoms with Gasteiger partial charge in [-0.05, 0) is 29.7 Å². The largest absolute Gasteiger partial charge is 0.497 e. The van der Waals surface area contributed by atoms with Gasteiger partial charge in [-0.2, -0.15) is 0 Å². The number of amides is 2. The minimum absolute atomic E-state index is 0.190. The molecule has 0 aliphatic carbocycles. The summed E-state index contributed by atoms with van der Waals surface area (Å²) in [6, 6.07) is 18.4. The number of hydrogen-bond donors (Lipinski definition) is 1. The first kappa shape index (κ1) is 23.3. The molecule has 8 heteroatoms. The van der Waals surface area contributed by atoms with Gasteiger partial charge in [-0.15, -0.1) is 0 Å². The lowest BCUT2D eigenvalue weighted by atomic mass is 9.94. The summed E-state index contributed by atoms with van der Waals surface area (Å²) in [6.07, 6.45) is -0.630. The van der Waals surface area contributed by atoms with E-state index in [1.54, 1.807) is 25.3 Å². The van der Waals surface area contributed by atoms with Crippen molar-refractivity contribution in [3.8, 4) is 11.5 Å². The monoisotopic (exact) mass is 475 g/mol. The van der Waals surface area contributed by atoms with Gasteiger partial charge < -0.3 is 14.6 Å². The molecule has 0 aromatic heterocycles. The molecular weight excluding hydrogens is 446 g/mol. The van der Waals surface area contributed by atoms with E-state index in [1.807, 2.05) is 42.5 Å². The van der Waals surface area contributed by atoms with Crippen molar-refractivity contribution in [1.82, 2.24) is 14.7 Å². The van der Waals surface area contributed by atoms with Gasteiger partial charge in [0.2, 0.25) is 0 Å². The van der Waals surface area contributed by atoms with E-state index >= 15 is 0 Å². The molecule has 182 valence electrons. The molecule has 2 amide bonds. The highest BCUT2D eigenvalue weighted by Crippen LogP contribution is 2.30. The number of piperazine rings is 1. The van der Waals surface area contributed by atoms with Gasteiger partial charge in [0.1, 0.15) is 24.2 Å². The smallest absolute Gasteiger partial charge is 0.262 e. The van der Waals surface area contributed by atoms with Crippen LogP contribution in [0.5, 0.6) is 11.5 Å². The molecule has 2 aliphatic heterocycles. The average molecular weight is 476 g/mol. The second-order valence-electron chi connectivity index (χ2n) is 8.95. The Labute approximate surface area is 204 Å². The first-order valence-corrected chi connectivity index (χ1v) is 11.8. The number of ether oxygens (including phenoxy) is 2. The van der Waals surface area contributed by atoms with E-state index in [0.29, 0.717) is 42.3 Å². The molecule has 1 unspecified atom stereocenters. The molecule has 3 aromatic rings. The van der Waals surface area contributed by atoms with Crippen LogP contribution in [-0.2, 0) is 0 Å². The van der Waals surface area contributed by atoms with E-state index in [4.69, 9.17) is 9.47 Å². The first-order valence-electron chi connectivity index (χ1n) is 11.8. The number of rotatable bonds is 8. The summed E-state index contributed by atoms with van der Waals surface area (Å²) in [4.78, 5) is 31.9. The molecule has 0 radical (unpaired) electrons. The Morgan fingerprint density at radius 1 is 0.857 bits per heavy atom. The van der Waals surface area contributed by atoms with Gasteiger partial charge in [0, 0.05) is 55.3 Å². The highest BCUT2D eigenvalue weighted by Gasteiger charge is 2.34. The Bertz CT molecular complexity index is 1190. The van der Waals surface area contributed by atoms with Gasteiger partial charge in [-0.1, -0.05) is 30.3 Å². The number of carbonyl (C=O) groups excluding carboxylic acids is 2. The van der Waals surface area contributed by atoms with E-state index < -0.39 is 6.10 Å². The second-order valence-corrected chi connectivity index (χ2v) is 8.95. The molecule has 5 rings (SSSR count). The van der Waals surface area contributed by atoms with Crippen molar-refractivity contribution in [3.63, 3.8) is 0 Å². The summed E-state index contributed by atoms with van der Waals surface area (Å²) in [5, 5.41) is 12.1. The number of benzene rings is 3. The lowest BCUT2D eigenvalue weighted by Gasteiger charge is -2.38. The van der Waals surface area contributed by atoms with Crippen LogP contribution in [0.1, 0.15) is 20.7 Å². The highest BCUT2D eigenvalue weighted by atomic mass is 16.5. The zero-order chi connectivity index (χ0) is 24.4. The van der Waals surface area contributed by atoms with E-state index in [1.165, 1.54) is 4.90 Å². The number of aliphatic hydroxyl groups is 1. The van der Waals surface area contributed by atoms with Crippen molar-refractivity contribution in [1.29, 1.82) is 0 Å². The maximum Gasteiger partial charge on any atom is 0.262 e. The van der Waals surface area contributed by atoms with Crippen LogP contribution in [0.25, 0.3) is 10.8 Å². The molecule has 1 atom stereocenters. The third-order valence-electron chi connectivity index (χ3n) is 6.61. The third-order valence-corrected chi connectivity index (χ3v) is 6.61. The summed E-state index contributed by atoms with van der Waals surface area (Å²) < 4.78 is 10.9. The standard InChI is InChI=1S/C27H29N3O5/c1-34-21-7-4-8-22(15-21)35-17-20(31)16-28-11-13-29(14-12-28)18-30-26(32)23-9-2-5-19-6-3-10-24(25(19)23)27(30)33/h2-10,15,20,31H,11-14,16-18H2,1H3. The van der Waals surface area contributed by atoms with Crippen LogP contribution in [0.2, 0.25) is 0 Å². The molecule has 35 heavy (non-hydrogen) atoms. The Morgan fingerprint density at radius 3 is 2.11 bits per heavy atom. The lowest BCUT2D eigenvalue weighted by Crippen LogP contribution is -2.54. The normalized spacial score (nSPS) is 17.6. The molecule has 1 saturated heterocycles. The summed E-state index contributed by atoms with van der Waals surface area (Å²) in [6.45, 7) is 3.82. The summed E-state index contributed by atoms with van der Waals surface area (Å²) >= 11 is 0. The van der Waals surface area contributed by atoms with Gasteiger partial charge in [-0.3, -0.25) is 24.3 Å². The number of aliphatic hydroxyl groups excluding tert-OH is 1. The molecule has 2 aliphatic rings. The van der Waals surface area contributed by atoms with Crippen molar-refractivity contribution < 1.29 is 24.2 Å². The van der Waals surface area contributed by atoms with Crippen molar-refractivity contribution >= 4 is 22.6 Å². The molecule has 0 spiro atoms. The van der Waals surface area contributed by atoms with Crippen molar-refractivity contribution in [2.45, 2.75) is 6.10 Å². The minimum Gasteiger partial charge on any atom is -0.497 e. The van der Waals surface area contributed by atoms with Crippen molar-refractivity contribution in [2.75, 3.05) is 53.1 Å². The van der Waals surface area contributed by atoms with Crippen LogP contribution < -0.4 is 9.47 Å². The first-order chi connectivity index (χ1) is 17.0. The fourth-order valence-electron chi connectivity index (χ4n) is 4.76. The molecular formula is C27H29N3O5. The van der Waals surface area contributed by atoms with Crippen molar-refractivity contribution in [3.05, 3.63) is 71.8 Å². The Kier molecular flexibility index (Phi) is 6.68. The lowest BCUT2D eigenvalue weighted by molar-refractivity contribution is 0.0272. The maximum absolute atomic E-state index is 13.1. The highest BCUT2D eigenvalue weighted by molar-refractivity contribution is 6.25. The van der Waals surface area contributed by atoms with Crippen LogP contribution >= 0.6 is 0 Å². The quantitative estimate of drug-likeness (QED) is 0.501. The zero-order valence-corrected chi connectivity index (χ0v) is 19.7. The topological polar surface area (TPSA) is 82.6 Å². The second kappa shape index (κ2) is 10.0. The van der Waals surface area contributed by atoms with Crippen molar-refractivity contribution in [2.24, 2.45) is 0 Å². The van der Waals surface area contributed by atoms with Gasteiger partial charge in [0.15, 0.2) is 0 Å². The van der Waals surface area contributed by atoms with Gasteiger partial charge in [0.25, 0.3) is 11.8 Å². The molecule has 8 nitrogen and oxygen atoms in total. The summed E-state index contributed by atoms with van der Waals surface area (Å²) in [7, 11) is 1.60. The number of hydrogen-bond acceptors (Lipinski definition) is 7. The maximum atomic E-state index is 13.1. The molecule has 1 N–H and O–H groups in total. The number of nitrogens with zero attached hydrogens (tertiary/aromatic N) is 3. The molecule has 1 fully saturated rings. The SMILES string of the molecule is COc1cccc(OCC(O)CN2CCN(CN3C(=O)c4cccc5cccc(c45)C3=O)CC2)c1. The van der Waals surface area contributed by atoms with Crippen LogP contribution in [0, 0.1) is 0 Å². The zero-order valence-electron chi connectivity index (χ0n) is 19.7. The van der Waals surface area contributed by atoms with Crippen LogP contribution in [0.3, 0.4) is 0 Å². The molecule has 0 bridgehead atoms. The number of β-amino-alcohol motifs (C(OH)–C–C–N with tert-alkyl or cyclic N) is 1. The van der Waals surface area contributed by atoms with E-state index in [9.17, 15) is 14.7 Å².